The van der Waals surface area contributed by atoms with Gasteiger partial charge < -0.3 is 37.9 Å². The Morgan fingerprint density at radius 1 is 0.294 bits per heavy atom. The summed E-state index contributed by atoms with van der Waals surface area (Å²) in [6.07, 6.45) is 21.8. The standard InChI is InChI=1S/C56H68Br4O8/c1-5-9-13-17-21-33-37-25-39-34(22-18-14-10-6-2)41-27-43-36(24-20-16-12-8-4)44-28-42-35(23-19-15-11-7-3)40-26-38(33)50-46(58)52(40)64-31-66-54(42)48(60)56(44)68-32-67-55(43)47(59)53(41)65-30-63-51(39)45(57)49(37)61-29-62-50/h25-28,33-36H,5-24,29-32H2,1-4H3. The molecule has 4 heterocycles. The molecule has 4 aromatic rings. The van der Waals surface area contributed by atoms with Crippen molar-refractivity contribution in [3.05, 3.63) is 86.7 Å². The monoisotopic (exact) mass is 1180 g/mol. The van der Waals surface area contributed by atoms with Crippen LogP contribution in [-0.2, 0) is 0 Å². The number of hydrogen-bond donors (Lipinski definition) is 0. The highest BCUT2D eigenvalue weighted by atomic mass is 79.9. The van der Waals surface area contributed by atoms with Crippen LogP contribution in [0.4, 0.5) is 0 Å². The zero-order valence-electron chi connectivity index (χ0n) is 40.4. The lowest BCUT2D eigenvalue weighted by Crippen LogP contribution is -2.23. The summed E-state index contributed by atoms with van der Waals surface area (Å²) < 4.78 is 57.4. The Morgan fingerprint density at radius 2 is 0.471 bits per heavy atom. The van der Waals surface area contributed by atoms with Crippen LogP contribution < -0.4 is 37.9 Å². The van der Waals surface area contributed by atoms with Crippen LogP contribution in [0, 0.1) is 0 Å². The first-order valence-corrected chi connectivity index (χ1v) is 29.0. The minimum absolute atomic E-state index is 0.00863. The molecule has 8 bridgehead atoms. The van der Waals surface area contributed by atoms with E-state index in [0.717, 1.165) is 211 Å². The number of unbranched alkanes of at least 4 members (excludes halogenated alkanes) is 12. The maximum Gasteiger partial charge on any atom is 0.231 e. The predicted molar refractivity (Wildman–Crippen MR) is 283 cm³/mol. The molecule has 0 aromatic heterocycles. The summed E-state index contributed by atoms with van der Waals surface area (Å²) in [5, 5.41) is 0. The molecule has 368 valence electrons. The number of ether oxygens (including phenoxy) is 8. The minimum Gasteiger partial charge on any atom is -0.456 e. The molecule has 0 amide bonds. The average molecular weight is 1190 g/mol. The maximum atomic E-state index is 6.78. The molecule has 1 aliphatic carbocycles. The molecule has 4 aliphatic heterocycles. The van der Waals surface area contributed by atoms with Crippen LogP contribution >= 0.6 is 63.7 Å². The maximum absolute atomic E-state index is 6.78. The lowest BCUT2D eigenvalue weighted by molar-refractivity contribution is 0.0954. The van der Waals surface area contributed by atoms with E-state index < -0.39 is 0 Å². The lowest BCUT2D eigenvalue weighted by atomic mass is 9.76. The van der Waals surface area contributed by atoms with Crippen LogP contribution in [0.2, 0.25) is 0 Å². The van der Waals surface area contributed by atoms with Gasteiger partial charge >= 0.3 is 0 Å². The zero-order chi connectivity index (χ0) is 47.3. The summed E-state index contributed by atoms with van der Waals surface area (Å²) in [6.45, 7) is 9.15. The second-order valence-corrected chi connectivity index (χ2v) is 22.5. The molecule has 0 spiro atoms. The third-order valence-corrected chi connectivity index (χ3v) is 17.8. The molecule has 0 saturated heterocycles. The Morgan fingerprint density at radius 3 is 0.632 bits per heavy atom. The quantitative estimate of drug-likeness (QED) is 0.0811. The van der Waals surface area contributed by atoms with E-state index in [1.165, 1.54) is 25.7 Å². The van der Waals surface area contributed by atoms with Gasteiger partial charge in [-0.2, -0.15) is 0 Å². The second-order valence-electron chi connectivity index (χ2n) is 19.3. The topological polar surface area (TPSA) is 73.8 Å². The van der Waals surface area contributed by atoms with Crippen molar-refractivity contribution in [2.45, 2.75) is 180 Å². The van der Waals surface area contributed by atoms with Crippen molar-refractivity contribution >= 4 is 63.7 Å². The van der Waals surface area contributed by atoms with E-state index in [-0.39, 0.29) is 50.8 Å². The third kappa shape index (κ3) is 9.89. The molecule has 68 heavy (non-hydrogen) atoms. The highest BCUT2D eigenvalue weighted by Crippen LogP contribution is 2.60. The number of halogens is 4. The van der Waals surface area contributed by atoms with Gasteiger partial charge in [0.2, 0.25) is 27.2 Å². The summed E-state index contributed by atoms with van der Waals surface area (Å²) in [6, 6.07) is 9.74. The van der Waals surface area contributed by atoms with Crippen molar-refractivity contribution < 1.29 is 37.9 Å². The fourth-order valence-corrected chi connectivity index (χ4v) is 14.2. The first kappa shape index (κ1) is 50.2. The molecule has 5 aliphatic rings. The highest BCUT2D eigenvalue weighted by molar-refractivity contribution is 9.11. The van der Waals surface area contributed by atoms with E-state index in [0.29, 0.717) is 0 Å². The van der Waals surface area contributed by atoms with E-state index in [4.69, 9.17) is 37.9 Å². The molecule has 0 N–H and O–H groups in total. The molecule has 0 fully saturated rings. The molecule has 8 nitrogen and oxygen atoms in total. The van der Waals surface area contributed by atoms with Crippen LogP contribution in [0.15, 0.2) is 42.2 Å². The summed E-state index contributed by atoms with van der Waals surface area (Å²) >= 11 is 16.6. The Labute approximate surface area is 438 Å². The van der Waals surface area contributed by atoms with Gasteiger partial charge in [0.25, 0.3) is 0 Å². The molecule has 0 saturated carbocycles. The molecule has 0 atom stereocenters. The van der Waals surface area contributed by atoms with E-state index >= 15 is 0 Å². The SMILES string of the molecule is CCCCCCC1c2cc3c4c(Br)c2OCOc2c1cc1c(c2Br)OCOc2c(cc5c(c2Br)OCOc2c(cc(c(c2Br)OCO4)C3CCCCCC)C5CCCCCC)C1CCCCCC. The molecular weight excluding hydrogens is 1120 g/mol. The van der Waals surface area contributed by atoms with Gasteiger partial charge in [-0.05, 0) is 114 Å². The van der Waals surface area contributed by atoms with Crippen LogP contribution in [0.1, 0.15) is 224 Å². The summed E-state index contributed by atoms with van der Waals surface area (Å²) in [5.41, 5.74) is 9.15. The van der Waals surface area contributed by atoms with Gasteiger partial charge in [0, 0.05) is 68.2 Å². The Hall–Kier alpha value is -2.80. The molecule has 4 aromatic carbocycles. The van der Waals surface area contributed by atoms with Crippen molar-refractivity contribution in [1.29, 1.82) is 0 Å². The first-order valence-electron chi connectivity index (χ1n) is 25.8. The van der Waals surface area contributed by atoms with Crippen molar-refractivity contribution in [2.24, 2.45) is 0 Å². The van der Waals surface area contributed by atoms with E-state index in [1.54, 1.807) is 0 Å². The van der Waals surface area contributed by atoms with Gasteiger partial charge in [0.1, 0.15) is 63.9 Å². The van der Waals surface area contributed by atoms with Crippen molar-refractivity contribution in [3.63, 3.8) is 0 Å². The van der Waals surface area contributed by atoms with E-state index in [1.807, 2.05) is 0 Å². The van der Waals surface area contributed by atoms with Gasteiger partial charge in [-0.15, -0.1) is 0 Å². The van der Waals surface area contributed by atoms with Gasteiger partial charge in [-0.3, -0.25) is 0 Å². The fraction of sp³-hybridized carbons (Fsp3) is 0.571. The Kier molecular flexibility index (Phi) is 17.1. The predicted octanol–water partition coefficient (Wildman–Crippen LogP) is 18.4. The van der Waals surface area contributed by atoms with Crippen LogP contribution in [0.3, 0.4) is 0 Å². The average Bonchev–Trinajstić information content (AvgIpc) is 3.31. The Bertz CT molecular complexity index is 1980. The molecule has 0 unspecified atom stereocenters. The molecule has 12 heteroatoms. The summed E-state index contributed by atoms with van der Waals surface area (Å²) in [5.74, 6) is 5.83. The second kappa shape index (κ2) is 23.2. The van der Waals surface area contributed by atoms with Crippen LogP contribution in [0.5, 0.6) is 46.0 Å². The largest absolute Gasteiger partial charge is 0.456 e. The summed E-state index contributed by atoms with van der Waals surface area (Å²) in [4.78, 5) is 0. The van der Waals surface area contributed by atoms with Gasteiger partial charge in [0.05, 0.1) is 0 Å². The van der Waals surface area contributed by atoms with Crippen molar-refractivity contribution in [1.82, 2.24) is 0 Å². The van der Waals surface area contributed by atoms with Crippen molar-refractivity contribution in [2.75, 3.05) is 27.2 Å². The van der Waals surface area contributed by atoms with Crippen LogP contribution in [-0.4, -0.2) is 27.2 Å². The van der Waals surface area contributed by atoms with Gasteiger partial charge in [-0.1, -0.05) is 130 Å². The van der Waals surface area contributed by atoms with E-state index in [2.05, 4.69) is 116 Å². The lowest BCUT2D eigenvalue weighted by Gasteiger charge is -2.36. The van der Waals surface area contributed by atoms with Crippen LogP contribution in [0.25, 0.3) is 0 Å². The number of hydrogen-bond acceptors (Lipinski definition) is 8. The van der Waals surface area contributed by atoms with E-state index in [9.17, 15) is 0 Å². The number of benzene rings is 4. The molecule has 9 rings (SSSR count). The highest BCUT2D eigenvalue weighted by Gasteiger charge is 2.41. The van der Waals surface area contributed by atoms with Gasteiger partial charge in [0.15, 0.2) is 0 Å². The minimum atomic E-state index is -0.0636. The van der Waals surface area contributed by atoms with Gasteiger partial charge in [-0.25, -0.2) is 0 Å². The van der Waals surface area contributed by atoms with Crippen molar-refractivity contribution in [3.8, 4) is 46.0 Å². The third-order valence-electron chi connectivity index (χ3n) is 15.0. The smallest absolute Gasteiger partial charge is 0.231 e. The first-order chi connectivity index (χ1) is 33.3. The summed E-state index contributed by atoms with van der Waals surface area (Å²) in [7, 11) is 0. The zero-order valence-corrected chi connectivity index (χ0v) is 46.7. The molecular formula is C56H68Br4O8. The Balaban J connectivity index is 1.41. The molecule has 0 radical (unpaired) electrons. The normalized spacial score (nSPS) is 19.3. The fourth-order valence-electron chi connectivity index (χ4n) is 11.5. The number of rotatable bonds is 20.